The second-order valence-electron chi connectivity index (χ2n) is 6.31. The maximum absolute atomic E-state index is 12.7. The molecule has 0 unspecified atom stereocenters. The van der Waals surface area contributed by atoms with Gasteiger partial charge in [-0.25, -0.2) is 4.98 Å². The fraction of sp³-hybridized carbons (Fsp3) is 0.143. The first-order chi connectivity index (χ1) is 13.5. The molecule has 0 aliphatic heterocycles. The molecule has 28 heavy (non-hydrogen) atoms. The number of hydrogen-bond donors (Lipinski definition) is 1. The van der Waals surface area contributed by atoms with Crippen molar-refractivity contribution in [3.8, 4) is 11.5 Å². The van der Waals surface area contributed by atoms with Crippen LogP contribution in [-0.4, -0.2) is 25.1 Å². The smallest absolute Gasteiger partial charge is 0.291 e. The van der Waals surface area contributed by atoms with Crippen LogP contribution in [0.4, 0.5) is 5.69 Å². The van der Waals surface area contributed by atoms with Crippen molar-refractivity contribution >= 4 is 45.2 Å². The summed E-state index contributed by atoms with van der Waals surface area (Å²) in [7, 11) is 3.11. The number of fused-ring (bicyclic) bond motifs is 2. The van der Waals surface area contributed by atoms with E-state index < -0.39 is 5.91 Å². The minimum Gasteiger partial charge on any atom is -0.497 e. The Kier molecular flexibility index (Phi) is 4.57. The number of aromatic nitrogens is 1. The van der Waals surface area contributed by atoms with E-state index in [0.717, 1.165) is 21.9 Å². The quantitative estimate of drug-likeness (QED) is 0.512. The van der Waals surface area contributed by atoms with Crippen LogP contribution < -0.4 is 14.8 Å². The standard InChI is InChI=1S/C21H17ClN2O4/c1-11-6-17(18(27-3)10-15(11)22)23-20(25)19-8-13-7-12-4-5-14(26-2)9-16(12)24-21(13)28-19/h4-10H,1-3H3,(H,23,25). The third-order valence-electron chi connectivity index (χ3n) is 4.46. The topological polar surface area (TPSA) is 73.6 Å². The number of ether oxygens (including phenoxy) is 2. The first-order valence-corrected chi connectivity index (χ1v) is 8.90. The zero-order chi connectivity index (χ0) is 19.8. The fourth-order valence-electron chi connectivity index (χ4n) is 2.96. The number of aryl methyl sites for hydroxylation is 1. The van der Waals surface area contributed by atoms with Crippen molar-refractivity contribution in [2.75, 3.05) is 19.5 Å². The van der Waals surface area contributed by atoms with Gasteiger partial charge < -0.3 is 19.2 Å². The van der Waals surface area contributed by atoms with Gasteiger partial charge in [0.2, 0.25) is 5.71 Å². The molecule has 0 saturated heterocycles. The molecule has 0 atom stereocenters. The van der Waals surface area contributed by atoms with Gasteiger partial charge in [-0.15, -0.1) is 0 Å². The van der Waals surface area contributed by atoms with Crippen molar-refractivity contribution in [1.29, 1.82) is 0 Å². The van der Waals surface area contributed by atoms with Crippen LogP contribution in [0.2, 0.25) is 5.02 Å². The van der Waals surface area contributed by atoms with Crippen LogP contribution in [0.1, 0.15) is 16.1 Å². The molecule has 6 nitrogen and oxygen atoms in total. The number of benzene rings is 2. The summed E-state index contributed by atoms with van der Waals surface area (Å²) in [5.41, 5.74) is 2.44. The van der Waals surface area contributed by atoms with Crippen LogP contribution in [0.15, 0.2) is 46.9 Å². The normalized spacial score (nSPS) is 11.0. The van der Waals surface area contributed by atoms with E-state index in [1.54, 1.807) is 25.3 Å². The van der Waals surface area contributed by atoms with Crippen LogP contribution in [0.25, 0.3) is 22.0 Å². The molecule has 2 aromatic carbocycles. The molecule has 7 heteroatoms. The molecule has 0 bridgehead atoms. The average molecular weight is 397 g/mol. The molecular formula is C21H17ClN2O4. The van der Waals surface area contributed by atoms with E-state index >= 15 is 0 Å². The van der Waals surface area contributed by atoms with Crippen LogP contribution >= 0.6 is 11.6 Å². The van der Waals surface area contributed by atoms with Crippen molar-refractivity contribution in [2.24, 2.45) is 0 Å². The van der Waals surface area contributed by atoms with E-state index in [0.29, 0.717) is 27.9 Å². The first-order valence-electron chi connectivity index (χ1n) is 8.52. The minimum absolute atomic E-state index is 0.152. The zero-order valence-corrected chi connectivity index (χ0v) is 16.3. The molecule has 2 aromatic heterocycles. The van der Waals surface area contributed by atoms with E-state index in [2.05, 4.69) is 10.3 Å². The Morgan fingerprint density at radius 2 is 1.89 bits per heavy atom. The molecule has 0 spiro atoms. The van der Waals surface area contributed by atoms with Gasteiger partial charge in [-0.2, -0.15) is 0 Å². The van der Waals surface area contributed by atoms with Gasteiger partial charge in [0.1, 0.15) is 11.5 Å². The van der Waals surface area contributed by atoms with Crippen molar-refractivity contribution in [2.45, 2.75) is 6.92 Å². The Hall–Kier alpha value is -3.25. The Labute approximate surface area is 166 Å². The molecule has 142 valence electrons. The molecule has 4 aromatic rings. The fourth-order valence-corrected chi connectivity index (χ4v) is 3.11. The van der Waals surface area contributed by atoms with Gasteiger partial charge in [0, 0.05) is 27.9 Å². The predicted molar refractivity (Wildman–Crippen MR) is 109 cm³/mol. The predicted octanol–water partition coefficient (Wildman–Crippen LogP) is 5.21. The summed E-state index contributed by atoms with van der Waals surface area (Å²) in [5.74, 6) is 0.921. The molecule has 0 aliphatic carbocycles. The molecule has 0 aliphatic rings. The Bertz CT molecular complexity index is 1220. The lowest BCUT2D eigenvalue weighted by atomic mass is 10.2. The number of halogens is 1. The first kappa shape index (κ1) is 18.1. The number of furan rings is 1. The number of carbonyl (C=O) groups excluding carboxylic acids is 1. The van der Waals surface area contributed by atoms with Crippen LogP contribution in [-0.2, 0) is 0 Å². The van der Waals surface area contributed by atoms with E-state index in [1.165, 1.54) is 7.11 Å². The van der Waals surface area contributed by atoms with Gasteiger partial charge in [-0.05, 0) is 42.8 Å². The summed E-state index contributed by atoms with van der Waals surface area (Å²) in [6.07, 6.45) is 0. The summed E-state index contributed by atoms with van der Waals surface area (Å²) in [4.78, 5) is 17.2. The third-order valence-corrected chi connectivity index (χ3v) is 4.87. The number of pyridine rings is 1. The second kappa shape index (κ2) is 7.05. The van der Waals surface area contributed by atoms with Gasteiger partial charge in [0.15, 0.2) is 5.76 Å². The number of amides is 1. The Morgan fingerprint density at radius 1 is 1.07 bits per heavy atom. The van der Waals surface area contributed by atoms with Crippen LogP contribution in [0.5, 0.6) is 11.5 Å². The van der Waals surface area contributed by atoms with Gasteiger partial charge >= 0.3 is 0 Å². The summed E-state index contributed by atoms with van der Waals surface area (Å²) in [6, 6.07) is 12.6. The van der Waals surface area contributed by atoms with Crippen molar-refractivity contribution in [3.05, 3.63) is 58.8 Å². The van der Waals surface area contributed by atoms with Crippen LogP contribution in [0.3, 0.4) is 0 Å². The van der Waals surface area contributed by atoms with Gasteiger partial charge in [0.05, 0.1) is 25.4 Å². The molecule has 1 amide bonds. The lowest BCUT2D eigenvalue weighted by Crippen LogP contribution is -2.12. The highest BCUT2D eigenvalue weighted by atomic mass is 35.5. The molecule has 2 heterocycles. The molecule has 0 fully saturated rings. The van der Waals surface area contributed by atoms with Crippen molar-refractivity contribution in [3.63, 3.8) is 0 Å². The average Bonchev–Trinajstić information content (AvgIpc) is 3.11. The van der Waals surface area contributed by atoms with Crippen LogP contribution in [0, 0.1) is 6.92 Å². The molecule has 1 N–H and O–H groups in total. The van der Waals surface area contributed by atoms with E-state index in [-0.39, 0.29) is 5.76 Å². The Balaban J connectivity index is 1.70. The summed E-state index contributed by atoms with van der Waals surface area (Å²) < 4.78 is 16.2. The largest absolute Gasteiger partial charge is 0.497 e. The number of methoxy groups -OCH3 is 2. The van der Waals surface area contributed by atoms with Crippen molar-refractivity contribution < 1.29 is 18.7 Å². The second-order valence-corrected chi connectivity index (χ2v) is 6.72. The maximum atomic E-state index is 12.7. The number of hydrogen-bond acceptors (Lipinski definition) is 5. The third kappa shape index (κ3) is 3.23. The highest BCUT2D eigenvalue weighted by molar-refractivity contribution is 6.31. The monoisotopic (exact) mass is 396 g/mol. The molecular weight excluding hydrogens is 380 g/mol. The van der Waals surface area contributed by atoms with E-state index in [9.17, 15) is 4.79 Å². The van der Waals surface area contributed by atoms with E-state index in [1.807, 2.05) is 31.2 Å². The highest BCUT2D eigenvalue weighted by Gasteiger charge is 2.17. The van der Waals surface area contributed by atoms with Gasteiger partial charge in [-0.1, -0.05) is 11.6 Å². The maximum Gasteiger partial charge on any atom is 0.291 e. The lowest BCUT2D eigenvalue weighted by molar-refractivity contribution is 0.0998. The summed E-state index contributed by atoms with van der Waals surface area (Å²) in [5, 5.41) is 5.03. The number of carbonyl (C=O) groups is 1. The minimum atomic E-state index is -0.403. The van der Waals surface area contributed by atoms with Gasteiger partial charge in [-0.3, -0.25) is 4.79 Å². The van der Waals surface area contributed by atoms with E-state index in [4.69, 9.17) is 25.5 Å². The number of nitrogens with one attached hydrogen (secondary N) is 1. The number of rotatable bonds is 4. The van der Waals surface area contributed by atoms with Crippen molar-refractivity contribution in [1.82, 2.24) is 4.98 Å². The molecule has 4 rings (SSSR count). The summed E-state index contributed by atoms with van der Waals surface area (Å²) in [6.45, 7) is 1.85. The Morgan fingerprint density at radius 3 is 2.64 bits per heavy atom. The molecule has 0 radical (unpaired) electrons. The SMILES string of the molecule is COc1ccc2cc3cc(C(=O)Nc4cc(C)c(Cl)cc4OC)oc3nc2c1. The molecule has 0 saturated carbocycles. The highest BCUT2D eigenvalue weighted by Crippen LogP contribution is 2.32. The number of anilines is 1. The number of nitrogens with zero attached hydrogens (tertiary/aromatic N) is 1. The van der Waals surface area contributed by atoms with Gasteiger partial charge in [0.25, 0.3) is 5.91 Å². The summed E-state index contributed by atoms with van der Waals surface area (Å²) >= 11 is 6.12. The lowest BCUT2D eigenvalue weighted by Gasteiger charge is -2.11. The zero-order valence-electron chi connectivity index (χ0n) is 15.5.